The van der Waals surface area contributed by atoms with E-state index in [4.69, 9.17) is 4.74 Å². The van der Waals surface area contributed by atoms with Crippen molar-refractivity contribution in [2.24, 2.45) is 0 Å². The molecule has 0 bridgehead atoms. The van der Waals surface area contributed by atoms with Crippen molar-refractivity contribution < 1.29 is 13.2 Å². The van der Waals surface area contributed by atoms with Crippen LogP contribution in [0.15, 0.2) is 41.3 Å². The van der Waals surface area contributed by atoms with E-state index in [0.717, 1.165) is 21.3 Å². The number of para-hydroxylation sites is 1. The lowest BCUT2D eigenvalue weighted by atomic mass is 10.1. The monoisotopic (exact) mass is 348 g/mol. The summed E-state index contributed by atoms with van der Waals surface area (Å²) in [5.41, 5.74) is 2.97. The van der Waals surface area contributed by atoms with E-state index >= 15 is 0 Å². The smallest absolute Gasteiger partial charge is 0.267 e. The van der Waals surface area contributed by atoms with Crippen molar-refractivity contribution in [1.82, 2.24) is 4.98 Å². The Labute approximate surface area is 139 Å². The Morgan fingerprint density at radius 1 is 1.17 bits per heavy atom. The summed E-state index contributed by atoms with van der Waals surface area (Å²) >= 11 is 1.32. The standard InChI is InChI=1S/C16H16N2O3S2/c1-10-8-11(2)15-13(9-10)22-16(17-15)18-23(19,20)14-7-5-4-6-12(14)21-3/h4-9H,1-3H3,(H,17,18). The number of aryl methyl sites for hydroxylation is 2. The number of hydrogen-bond acceptors (Lipinski definition) is 5. The Kier molecular flexibility index (Phi) is 3.99. The molecule has 3 aromatic rings. The van der Waals surface area contributed by atoms with Gasteiger partial charge in [-0.25, -0.2) is 13.4 Å². The zero-order valence-electron chi connectivity index (χ0n) is 13.0. The van der Waals surface area contributed by atoms with E-state index in [-0.39, 0.29) is 4.90 Å². The molecule has 1 aromatic heterocycles. The summed E-state index contributed by atoms with van der Waals surface area (Å²) in [6, 6.07) is 10.5. The van der Waals surface area contributed by atoms with Crippen LogP contribution in [0.4, 0.5) is 5.13 Å². The molecule has 0 saturated heterocycles. The van der Waals surface area contributed by atoms with Gasteiger partial charge in [-0.15, -0.1) is 0 Å². The summed E-state index contributed by atoms with van der Waals surface area (Å²) < 4.78 is 33.8. The molecule has 1 heterocycles. The summed E-state index contributed by atoms with van der Waals surface area (Å²) in [7, 11) is -2.31. The number of benzene rings is 2. The fourth-order valence-corrected chi connectivity index (χ4v) is 4.87. The summed E-state index contributed by atoms with van der Waals surface area (Å²) in [4.78, 5) is 4.50. The average Bonchev–Trinajstić information content (AvgIpc) is 2.89. The van der Waals surface area contributed by atoms with Crippen molar-refractivity contribution in [2.75, 3.05) is 11.8 Å². The van der Waals surface area contributed by atoms with Crippen molar-refractivity contribution in [3.05, 3.63) is 47.5 Å². The molecule has 0 radical (unpaired) electrons. The summed E-state index contributed by atoms with van der Waals surface area (Å²) in [6.45, 7) is 3.97. The van der Waals surface area contributed by atoms with Gasteiger partial charge >= 0.3 is 0 Å². The lowest BCUT2D eigenvalue weighted by Gasteiger charge is -2.09. The zero-order chi connectivity index (χ0) is 16.6. The van der Waals surface area contributed by atoms with Gasteiger partial charge in [0.15, 0.2) is 5.13 Å². The van der Waals surface area contributed by atoms with Crippen LogP contribution in [-0.2, 0) is 10.0 Å². The molecular formula is C16H16N2O3S2. The molecule has 0 saturated carbocycles. The van der Waals surface area contributed by atoms with Gasteiger partial charge in [-0.1, -0.05) is 29.5 Å². The van der Waals surface area contributed by atoms with Crippen LogP contribution in [0.25, 0.3) is 10.2 Å². The molecule has 120 valence electrons. The maximum Gasteiger partial charge on any atom is 0.267 e. The Bertz CT molecular complexity index is 978. The van der Waals surface area contributed by atoms with Gasteiger partial charge in [0.25, 0.3) is 10.0 Å². The SMILES string of the molecule is COc1ccccc1S(=O)(=O)Nc1nc2c(C)cc(C)cc2s1. The predicted molar refractivity (Wildman–Crippen MR) is 92.9 cm³/mol. The molecular weight excluding hydrogens is 332 g/mol. The van der Waals surface area contributed by atoms with E-state index in [2.05, 4.69) is 9.71 Å². The minimum Gasteiger partial charge on any atom is -0.495 e. The first kappa shape index (κ1) is 15.8. The minimum absolute atomic E-state index is 0.0923. The van der Waals surface area contributed by atoms with Crippen LogP contribution in [0.1, 0.15) is 11.1 Å². The van der Waals surface area contributed by atoms with Crippen molar-refractivity contribution in [3.8, 4) is 5.75 Å². The first-order valence-corrected chi connectivity index (χ1v) is 9.24. The molecule has 0 aliphatic rings. The molecule has 0 aliphatic carbocycles. The fourth-order valence-electron chi connectivity index (χ4n) is 2.42. The van der Waals surface area contributed by atoms with Gasteiger partial charge in [-0.2, -0.15) is 0 Å². The van der Waals surface area contributed by atoms with E-state index in [0.29, 0.717) is 10.9 Å². The van der Waals surface area contributed by atoms with Crippen molar-refractivity contribution in [1.29, 1.82) is 0 Å². The molecule has 0 unspecified atom stereocenters. The van der Waals surface area contributed by atoms with Gasteiger partial charge < -0.3 is 4.74 Å². The normalized spacial score (nSPS) is 11.6. The second kappa shape index (κ2) is 5.82. The Morgan fingerprint density at radius 3 is 2.65 bits per heavy atom. The highest BCUT2D eigenvalue weighted by Crippen LogP contribution is 2.32. The number of hydrogen-bond donors (Lipinski definition) is 1. The van der Waals surface area contributed by atoms with Gasteiger partial charge in [0.2, 0.25) is 0 Å². The van der Waals surface area contributed by atoms with Crippen molar-refractivity contribution in [3.63, 3.8) is 0 Å². The van der Waals surface area contributed by atoms with Crippen LogP contribution in [0.5, 0.6) is 5.75 Å². The Hall–Kier alpha value is -2.12. The molecule has 7 heteroatoms. The quantitative estimate of drug-likeness (QED) is 0.780. The van der Waals surface area contributed by atoms with E-state index in [1.54, 1.807) is 18.2 Å². The maximum atomic E-state index is 12.6. The zero-order valence-corrected chi connectivity index (χ0v) is 14.6. The summed E-state index contributed by atoms with van der Waals surface area (Å²) in [5.74, 6) is 0.299. The summed E-state index contributed by atoms with van der Waals surface area (Å²) in [5, 5.41) is 0.347. The van der Waals surface area contributed by atoms with E-state index in [1.165, 1.54) is 24.5 Å². The topological polar surface area (TPSA) is 68.3 Å². The molecule has 0 fully saturated rings. The molecule has 0 atom stereocenters. The molecule has 3 rings (SSSR count). The third kappa shape index (κ3) is 3.02. The highest BCUT2D eigenvalue weighted by Gasteiger charge is 2.21. The average molecular weight is 348 g/mol. The number of aromatic nitrogens is 1. The Balaban J connectivity index is 2.02. The predicted octanol–water partition coefficient (Wildman–Crippen LogP) is 3.72. The number of thiazole rings is 1. The van der Waals surface area contributed by atoms with Gasteiger partial charge in [-0.05, 0) is 43.2 Å². The molecule has 1 N–H and O–H groups in total. The van der Waals surface area contributed by atoms with Crippen molar-refractivity contribution >= 4 is 36.7 Å². The number of fused-ring (bicyclic) bond motifs is 1. The number of sulfonamides is 1. The number of nitrogens with one attached hydrogen (secondary N) is 1. The summed E-state index contributed by atoms with van der Waals surface area (Å²) in [6.07, 6.45) is 0. The fraction of sp³-hybridized carbons (Fsp3) is 0.188. The molecule has 0 spiro atoms. The largest absolute Gasteiger partial charge is 0.495 e. The Morgan fingerprint density at radius 2 is 1.91 bits per heavy atom. The molecule has 0 amide bonds. The number of anilines is 1. The molecule has 5 nitrogen and oxygen atoms in total. The van der Waals surface area contributed by atoms with Crippen molar-refractivity contribution in [2.45, 2.75) is 18.7 Å². The van der Waals surface area contributed by atoms with Crippen LogP contribution < -0.4 is 9.46 Å². The second-order valence-electron chi connectivity index (χ2n) is 5.20. The van der Waals surface area contributed by atoms with Gasteiger partial charge in [0.05, 0.1) is 17.3 Å². The van der Waals surface area contributed by atoms with Gasteiger partial charge in [-0.3, -0.25) is 4.72 Å². The maximum absolute atomic E-state index is 12.6. The van der Waals surface area contributed by atoms with Gasteiger partial charge in [0, 0.05) is 0 Å². The number of ether oxygens (including phenoxy) is 1. The van der Waals surface area contributed by atoms with Crippen LogP contribution in [0, 0.1) is 13.8 Å². The van der Waals surface area contributed by atoms with Crippen LogP contribution >= 0.6 is 11.3 Å². The van der Waals surface area contributed by atoms with Crippen LogP contribution in [-0.4, -0.2) is 20.5 Å². The van der Waals surface area contributed by atoms with E-state index in [1.807, 2.05) is 26.0 Å². The molecule has 0 aliphatic heterocycles. The number of methoxy groups -OCH3 is 1. The highest BCUT2D eigenvalue weighted by atomic mass is 32.2. The lowest BCUT2D eigenvalue weighted by Crippen LogP contribution is -2.13. The highest BCUT2D eigenvalue weighted by molar-refractivity contribution is 7.93. The number of rotatable bonds is 4. The third-order valence-corrected chi connectivity index (χ3v) is 5.84. The first-order chi connectivity index (χ1) is 10.9. The van der Waals surface area contributed by atoms with Crippen LogP contribution in [0.3, 0.4) is 0 Å². The van der Waals surface area contributed by atoms with E-state index in [9.17, 15) is 8.42 Å². The lowest BCUT2D eigenvalue weighted by molar-refractivity contribution is 0.403. The van der Waals surface area contributed by atoms with Gasteiger partial charge in [0.1, 0.15) is 10.6 Å². The second-order valence-corrected chi connectivity index (χ2v) is 7.89. The minimum atomic E-state index is -3.75. The molecule has 2 aromatic carbocycles. The number of nitrogens with zero attached hydrogens (tertiary/aromatic N) is 1. The first-order valence-electron chi connectivity index (χ1n) is 6.94. The third-order valence-electron chi connectivity index (χ3n) is 3.41. The van der Waals surface area contributed by atoms with Crippen LogP contribution in [0.2, 0.25) is 0 Å². The van der Waals surface area contributed by atoms with E-state index < -0.39 is 10.0 Å². The molecule has 23 heavy (non-hydrogen) atoms.